The van der Waals surface area contributed by atoms with Gasteiger partial charge in [0.1, 0.15) is 5.76 Å². The lowest BCUT2D eigenvalue weighted by molar-refractivity contribution is -0.165. The minimum absolute atomic E-state index is 0.0715. The fraction of sp³-hybridized carbons (Fsp3) is 0.667. The minimum atomic E-state index is -2.21. The van der Waals surface area contributed by atoms with Crippen LogP contribution in [0, 0.1) is 5.92 Å². The second kappa shape index (κ2) is 10.1. The number of nitrogens with one attached hydrogen (secondary N) is 1. The molecule has 0 unspecified atom stereocenters. The van der Waals surface area contributed by atoms with Gasteiger partial charge >= 0.3 is 11.9 Å². The summed E-state index contributed by atoms with van der Waals surface area (Å²) >= 11 is 0. The summed E-state index contributed by atoms with van der Waals surface area (Å²) in [6.07, 6.45) is 0.631. The molecule has 0 radical (unpaired) electrons. The molecule has 10 nitrogen and oxygen atoms in total. The van der Waals surface area contributed by atoms with Crippen LogP contribution in [0.3, 0.4) is 0 Å². The van der Waals surface area contributed by atoms with Crippen LogP contribution in [0.15, 0.2) is 9.32 Å². The number of hydrogen-bond donors (Lipinski definition) is 1. The third-order valence-corrected chi connectivity index (χ3v) is 4.14. The molecule has 0 bridgehead atoms. The molecule has 1 rings (SSSR count). The summed E-state index contributed by atoms with van der Waals surface area (Å²) in [5, 5.41) is 2.29. The van der Waals surface area contributed by atoms with Crippen molar-refractivity contribution < 1.29 is 33.1 Å². The maximum atomic E-state index is 12.8. The van der Waals surface area contributed by atoms with E-state index in [1.54, 1.807) is 0 Å². The molecule has 0 aliphatic heterocycles. The molecule has 0 spiro atoms. The van der Waals surface area contributed by atoms with Gasteiger partial charge in [-0.2, -0.15) is 0 Å². The highest BCUT2D eigenvalue weighted by Crippen LogP contribution is 2.21. The molecule has 10 heteroatoms. The van der Waals surface area contributed by atoms with Gasteiger partial charge in [0.2, 0.25) is 11.4 Å². The van der Waals surface area contributed by atoms with E-state index in [4.69, 9.17) is 18.7 Å². The summed E-state index contributed by atoms with van der Waals surface area (Å²) in [4.78, 5) is 49.5. The predicted molar refractivity (Wildman–Crippen MR) is 97.4 cm³/mol. The molecule has 1 N–H and O–H groups in total. The molecule has 1 aromatic heterocycles. The third kappa shape index (κ3) is 5.22. The topological polar surface area (TPSA) is 126 Å². The Morgan fingerprint density at radius 2 is 1.71 bits per heavy atom. The van der Waals surface area contributed by atoms with Crippen molar-refractivity contribution in [1.29, 1.82) is 0 Å². The lowest BCUT2D eigenvalue weighted by atomic mass is 9.89. The largest absolute Gasteiger partial charge is 0.467 e. The molecule has 0 aliphatic rings. The molecule has 0 aromatic carbocycles. The van der Waals surface area contributed by atoms with Crippen molar-refractivity contribution >= 4 is 17.8 Å². The number of methoxy groups -OCH3 is 3. The molecule has 0 aliphatic carbocycles. The van der Waals surface area contributed by atoms with Crippen LogP contribution in [0.25, 0.3) is 0 Å². The molecule has 0 saturated heterocycles. The zero-order chi connectivity index (χ0) is 21.5. The highest BCUT2D eigenvalue weighted by molar-refractivity contribution is 6.07. The number of aryl methyl sites for hydroxylation is 1. The average molecular weight is 400 g/mol. The van der Waals surface area contributed by atoms with Crippen molar-refractivity contribution in [3.05, 3.63) is 21.7 Å². The first kappa shape index (κ1) is 23.4. The number of rotatable bonds is 10. The van der Waals surface area contributed by atoms with E-state index < -0.39 is 35.4 Å². The van der Waals surface area contributed by atoms with Gasteiger partial charge in [-0.25, -0.2) is 9.59 Å². The number of hydrogen-bond acceptors (Lipinski definition) is 8. The van der Waals surface area contributed by atoms with Gasteiger partial charge in [-0.05, 0) is 12.3 Å². The maximum absolute atomic E-state index is 12.8. The molecule has 28 heavy (non-hydrogen) atoms. The van der Waals surface area contributed by atoms with E-state index >= 15 is 0 Å². The van der Waals surface area contributed by atoms with Gasteiger partial charge in [0.15, 0.2) is 6.73 Å². The van der Waals surface area contributed by atoms with Crippen LogP contribution in [-0.4, -0.2) is 49.5 Å². The van der Waals surface area contributed by atoms with Gasteiger partial charge in [0.25, 0.3) is 5.56 Å². The number of ether oxygens (including phenoxy) is 3. The van der Waals surface area contributed by atoms with Crippen molar-refractivity contribution in [2.75, 3.05) is 21.3 Å². The van der Waals surface area contributed by atoms with Crippen LogP contribution in [0.2, 0.25) is 0 Å². The molecular weight excluding hydrogens is 372 g/mol. The van der Waals surface area contributed by atoms with Gasteiger partial charge < -0.3 is 24.1 Å². The Morgan fingerprint density at radius 3 is 2.14 bits per heavy atom. The molecule has 0 atom stereocenters. The number of carbonyl (C=O) groups is 3. The van der Waals surface area contributed by atoms with E-state index in [0.29, 0.717) is 24.5 Å². The van der Waals surface area contributed by atoms with Crippen molar-refractivity contribution in [3.8, 4) is 0 Å². The van der Waals surface area contributed by atoms with Crippen LogP contribution in [0.5, 0.6) is 0 Å². The van der Waals surface area contributed by atoms with Crippen LogP contribution < -0.4 is 10.9 Å². The molecule has 1 aromatic rings. The van der Waals surface area contributed by atoms with E-state index in [0.717, 1.165) is 25.9 Å². The number of carbonyl (C=O) groups excluding carboxylic acids is 3. The van der Waals surface area contributed by atoms with Gasteiger partial charge in [0.05, 0.1) is 19.8 Å². The Bertz CT molecular complexity index is 746. The van der Waals surface area contributed by atoms with Crippen LogP contribution >= 0.6 is 0 Å². The predicted octanol–water partition coefficient (Wildman–Crippen LogP) is 0.397. The Labute approximate surface area is 163 Å². The van der Waals surface area contributed by atoms with E-state index in [1.165, 1.54) is 7.11 Å². The Balaban J connectivity index is 3.54. The molecule has 0 fully saturated rings. The summed E-state index contributed by atoms with van der Waals surface area (Å²) in [6, 6.07) is 0. The summed E-state index contributed by atoms with van der Waals surface area (Å²) in [5.41, 5.74) is -2.71. The monoisotopic (exact) mass is 400 g/mol. The lowest BCUT2D eigenvalue weighted by Gasteiger charge is -2.28. The van der Waals surface area contributed by atoms with Crippen LogP contribution in [0.4, 0.5) is 0 Å². The third-order valence-electron chi connectivity index (χ3n) is 4.14. The Hall–Kier alpha value is -2.62. The first-order valence-electron chi connectivity index (χ1n) is 8.79. The van der Waals surface area contributed by atoms with E-state index in [2.05, 4.69) is 5.32 Å². The zero-order valence-electron chi connectivity index (χ0n) is 17.1. The van der Waals surface area contributed by atoms with E-state index in [1.807, 2.05) is 13.8 Å². The highest BCUT2D eigenvalue weighted by Gasteiger charge is 2.51. The SMILES string of the molecule is COCn1oc(CCC(C)C)c(CC(NC(C)=O)(C(=O)OC)C(=O)OC)c1=O. The van der Waals surface area contributed by atoms with Crippen LogP contribution in [0.1, 0.15) is 38.5 Å². The number of amides is 1. The average Bonchev–Trinajstić information content (AvgIpc) is 2.93. The van der Waals surface area contributed by atoms with Crippen molar-refractivity contribution in [2.45, 2.75) is 52.3 Å². The standard InChI is InChI=1S/C18H28N2O8/c1-11(2)7-8-14-13(15(22)20(28-14)10-25-4)9-18(16(23)26-5,17(24)27-6)19-12(3)21/h11H,7-10H2,1-6H3,(H,19,21). The quantitative estimate of drug-likeness (QED) is 0.442. The molecule has 1 amide bonds. The first-order chi connectivity index (χ1) is 13.1. The summed E-state index contributed by atoms with van der Waals surface area (Å²) in [5.74, 6) is -2.14. The molecule has 1 heterocycles. The number of esters is 2. The summed E-state index contributed by atoms with van der Waals surface area (Å²) < 4.78 is 21.0. The fourth-order valence-electron chi connectivity index (χ4n) is 2.78. The Morgan fingerprint density at radius 1 is 1.14 bits per heavy atom. The summed E-state index contributed by atoms with van der Waals surface area (Å²) in [6.45, 7) is 5.01. The normalized spacial score (nSPS) is 11.4. The van der Waals surface area contributed by atoms with Gasteiger partial charge in [-0.1, -0.05) is 13.8 Å². The minimum Gasteiger partial charge on any atom is -0.467 e. The van der Waals surface area contributed by atoms with E-state index in [-0.39, 0.29) is 12.3 Å². The zero-order valence-corrected chi connectivity index (χ0v) is 17.1. The second-order valence-electron chi connectivity index (χ2n) is 6.77. The maximum Gasteiger partial charge on any atom is 0.343 e. The summed E-state index contributed by atoms with van der Waals surface area (Å²) in [7, 11) is 3.53. The van der Waals surface area contributed by atoms with Gasteiger partial charge in [-0.15, -0.1) is 4.74 Å². The van der Waals surface area contributed by atoms with Gasteiger partial charge in [-0.3, -0.25) is 9.59 Å². The van der Waals surface area contributed by atoms with Crippen molar-refractivity contribution in [3.63, 3.8) is 0 Å². The van der Waals surface area contributed by atoms with E-state index in [9.17, 15) is 19.2 Å². The molecule has 0 saturated carbocycles. The smallest absolute Gasteiger partial charge is 0.343 e. The fourth-order valence-corrected chi connectivity index (χ4v) is 2.78. The number of nitrogens with zero attached hydrogens (tertiary/aromatic N) is 1. The second-order valence-corrected chi connectivity index (χ2v) is 6.77. The Kier molecular flexibility index (Phi) is 8.42. The van der Waals surface area contributed by atoms with Crippen LogP contribution in [-0.2, 0) is 48.2 Å². The molecular formula is C18H28N2O8. The van der Waals surface area contributed by atoms with Gasteiger partial charge in [0, 0.05) is 26.9 Å². The van der Waals surface area contributed by atoms with Crippen molar-refractivity contribution in [2.24, 2.45) is 5.92 Å². The van der Waals surface area contributed by atoms with Crippen molar-refractivity contribution in [1.82, 2.24) is 10.1 Å². The number of aromatic nitrogens is 1. The highest BCUT2D eigenvalue weighted by atomic mass is 16.6. The molecule has 158 valence electrons. The first-order valence-corrected chi connectivity index (χ1v) is 8.79. The lowest BCUT2D eigenvalue weighted by Crippen LogP contribution is -2.62.